The fourth-order valence-corrected chi connectivity index (χ4v) is 2.25. The second-order valence-corrected chi connectivity index (χ2v) is 5.69. The summed E-state index contributed by atoms with van der Waals surface area (Å²) in [4.78, 5) is 2.38. The lowest BCUT2D eigenvalue weighted by Crippen LogP contribution is -2.56. The van der Waals surface area contributed by atoms with Crippen LogP contribution in [0.5, 0.6) is 0 Å². The van der Waals surface area contributed by atoms with Crippen LogP contribution >= 0.6 is 0 Å². The summed E-state index contributed by atoms with van der Waals surface area (Å²) in [6.07, 6.45) is 3.77. The third kappa shape index (κ3) is 4.42. The molecule has 0 rings (SSSR count). The lowest BCUT2D eigenvalue weighted by Gasteiger charge is -2.43. The standard InChI is InChI=1S/C14H32N2/c1-8-14(5,16(6)7)13(15-9-2)11-10-12(3)4/h12-13,15H,8-11H2,1-7H3. The molecule has 16 heavy (non-hydrogen) atoms. The van der Waals surface area contributed by atoms with E-state index in [1.54, 1.807) is 0 Å². The zero-order valence-corrected chi connectivity index (χ0v) is 12.4. The maximum Gasteiger partial charge on any atom is 0.0325 e. The summed E-state index contributed by atoms with van der Waals surface area (Å²) >= 11 is 0. The molecule has 98 valence electrons. The quantitative estimate of drug-likeness (QED) is 0.686. The summed E-state index contributed by atoms with van der Waals surface area (Å²) in [6.45, 7) is 12.5. The smallest absolute Gasteiger partial charge is 0.0325 e. The average Bonchev–Trinajstić information content (AvgIpc) is 2.22. The third-order valence-electron chi connectivity index (χ3n) is 3.97. The van der Waals surface area contributed by atoms with Crippen molar-refractivity contribution in [1.82, 2.24) is 10.2 Å². The van der Waals surface area contributed by atoms with Crippen LogP contribution in [0, 0.1) is 5.92 Å². The predicted octanol–water partition coefficient (Wildman–Crippen LogP) is 3.13. The van der Waals surface area contributed by atoms with Crippen LogP contribution in [0.4, 0.5) is 0 Å². The molecule has 0 bridgehead atoms. The lowest BCUT2D eigenvalue weighted by atomic mass is 9.84. The molecule has 2 heteroatoms. The largest absolute Gasteiger partial charge is 0.312 e. The van der Waals surface area contributed by atoms with Gasteiger partial charge in [-0.25, -0.2) is 0 Å². The van der Waals surface area contributed by atoms with Gasteiger partial charge >= 0.3 is 0 Å². The summed E-state index contributed by atoms with van der Waals surface area (Å²) in [5.41, 5.74) is 0.269. The Labute approximate surface area is 103 Å². The van der Waals surface area contributed by atoms with Crippen LogP contribution in [-0.2, 0) is 0 Å². The van der Waals surface area contributed by atoms with Crippen molar-refractivity contribution in [3.8, 4) is 0 Å². The summed E-state index contributed by atoms with van der Waals surface area (Å²) in [5.74, 6) is 0.796. The van der Waals surface area contributed by atoms with Crippen molar-refractivity contribution in [1.29, 1.82) is 0 Å². The number of nitrogens with one attached hydrogen (secondary N) is 1. The van der Waals surface area contributed by atoms with Gasteiger partial charge in [0.2, 0.25) is 0 Å². The highest BCUT2D eigenvalue weighted by Crippen LogP contribution is 2.25. The highest BCUT2D eigenvalue weighted by Gasteiger charge is 2.33. The number of rotatable bonds is 8. The minimum Gasteiger partial charge on any atom is -0.312 e. The molecule has 0 saturated carbocycles. The highest BCUT2D eigenvalue weighted by molar-refractivity contribution is 4.94. The second kappa shape index (κ2) is 7.29. The Morgan fingerprint density at radius 2 is 1.69 bits per heavy atom. The van der Waals surface area contributed by atoms with Crippen LogP contribution in [0.2, 0.25) is 0 Å². The molecule has 2 unspecified atom stereocenters. The van der Waals surface area contributed by atoms with Gasteiger partial charge in [0, 0.05) is 11.6 Å². The van der Waals surface area contributed by atoms with E-state index in [2.05, 4.69) is 58.9 Å². The molecule has 0 aromatic carbocycles. The van der Waals surface area contributed by atoms with E-state index in [1.165, 1.54) is 19.3 Å². The Kier molecular flexibility index (Phi) is 7.25. The first kappa shape index (κ1) is 15.9. The molecule has 2 nitrogen and oxygen atoms in total. The average molecular weight is 228 g/mol. The maximum atomic E-state index is 3.67. The zero-order valence-electron chi connectivity index (χ0n) is 12.4. The fraction of sp³-hybridized carbons (Fsp3) is 1.00. The lowest BCUT2D eigenvalue weighted by molar-refractivity contribution is 0.106. The predicted molar refractivity (Wildman–Crippen MR) is 73.9 cm³/mol. The first-order valence-electron chi connectivity index (χ1n) is 6.79. The molecule has 0 saturated heterocycles. The van der Waals surface area contributed by atoms with Gasteiger partial charge in [-0.3, -0.25) is 0 Å². The topological polar surface area (TPSA) is 15.3 Å². The van der Waals surface area contributed by atoms with Crippen LogP contribution in [0.1, 0.15) is 53.9 Å². The van der Waals surface area contributed by atoms with Gasteiger partial charge < -0.3 is 10.2 Å². The zero-order chi connectivity index (χ0) is 12.8. The molecule has 0 heterocycles. The van der Waals surface area contributed by atoms with Crippen LogP contribution < -0.4 is 5.32 Å². The van der Waals surface area contributed by atoms with Gasteiger partial charge in [0.25, 0.3) is 0 Å². The Bertz CT molecular complexity index is 178. The van der Waals surface area contributed by atoms with E-state index in [-0.39, 0.29) is 5.54 Å². The maximum absolute atomic E-state index is 3.67. The van der Waals surface area contributed by atoms with Gasteiger partial charge in [-0.05, 0) is 52.7 Å². The number of likely N-dealkylation sites (N-methyl/N-ethyl adjacent to an activating group) is 2. The molecule has 0 aromatic rings. The monoisotopic (exact) mass is 228 g/mol. The Morgan fingerprint density at radius 3 is 2.00 bits per heavy atom. The van der Waals surface area contributed by atoms with E-state index < -0.39 is 0 Å². The van der Waals surface area contributed by atoms with Crippen LogP contribution in [0.25, 0.3) is 0 Å². The normalized spacial score (nSPS) is 17.8. The third-order valence-corrected chi connectivity index (χ3v) is 3.97. The minimum absolute atomic E-state index is 0.269. The van der Waals surface area contributed by atoms with Crippen molar-refractivity contribution in [2.75, 3.05) is 20.6 Å². The Balaban J connectivity index is 4.58. The molecule has 2 atom stereocenters. The van der Waals surface area contributed by atoms with E-state index in [1.807, 2.05) is 0 Å². The summed E-state index contributed by atoms with van der Waals surface area (Å²) in [5, 5.41) is 3.67. The van der Waals surface area contributed by atoms with E-state index in [0.29, 0.717) is 6.04 Å². The van der Waals surface area contributed by atoms with Gasteiger partial charge in [0.05, 0.1) is 0 Å². The molecule has 0 radical (unpaired) electrons. The number of nitrogens with zero attached hydrogens (tertiary/aromatic N) is 1. The summed E-state index contributed by atoms with van der Waals surface area (Å²) in [6, 6.07) is 0.597. The van der Waals surface area contributed by atoms with Gasteiger partial charge in [0.15, 0.2) is 0 Å². The number of hydrogen-bond donors (Lipinski definition) is 1. The molecule has 0 aliphatic rings. The summed E-state index contributed by atoms with van der Waals surface area (Å²) in [7, 11) is 4.40. The second-order valence-electron chi connectivity index (χ2n) is 5.69. The molecular formula is C14H32N2. The molecular weight excluding hydrogens is 196 g/mol. The van der Waals surface area contributed by atoms with Gasteiger partial charge in [0.1, 0.15) is 0 Å². The van der Waals surface area contributed by atoms with Gasteiger partial charge in [-0.15, -0.1) is 0 Å². The van der Waals surface area contributed by atoms with E-state index in [0.717, 1.165) is 12.5 Å². The minimum atomic E-state index is 0.269. The fourth-order valence-electron chi connectivity index (χ4n) is 2.25. The van der Waals surface area contributed by atoms with Crippen molar-refractivity contribution in [2.45, 2.75) is 65.5 Å². The van der Waals surface area contributed by atoms with Crippen molar-refractivity contribution < 1.29 is 0 Å². The molecule has 0 amide bonds. The molecule has 0 aromatic heterocycles. The van der Waals surface area contributed by atoms with Crippen molar-refractivity contribution in [3.63, 3.8) is 0 Å². The molecule has 0 aliphatic heterocycles. The first-order chi connectivity index (χ1) is 7.38. The van der Waals surface area contributed by atoms with Crippen LogP contribution in [0.3, 0.4) is 0 Å². The van der Waals surface area contributed by atoms with Crippen molar-refractivity contribution >= 4 is 0 Å². The summed E-state index contributed by atoms with van der Waals surface area (Å²) < 4.78 is 0. The van der Waals surface area contributed by atoms with Gasteiger partial charge in [-0.1, -0.05) is 27.7 Å². The molecule has 0 aliphatic carbocycles. The Hall–Kier alpha value is -0.0800. The van der Waals surface area contributed by atoms with E-state index >= 15 is 0 Å². The SMILES string of the molecule is CCNC(CCC(C)C)C(C)(CC)N(C)C. The first-order valence-corrected chi connectivity index (χ1v) is 6.79. The van der Waals surface area contributed by atoms with Crippen molar-refractivity contribution in [2.24, 2.45) is 5.92 Å². The molecule has 0 spiro atoms. The van der Waals surface area contributed by atoms with Crippen molar-refractivity contribution in [3.05, 3.63) is 0 Å². The Morgan fingerprint density at radius 1 is 1.12 bits per heavy atom. The highest BCUT2D eigenvalue weighted by atomic mass is 15.2. The molecule has 1 N–H and O–H groups in total. The molecule has 0 fully saturated rings. The van der Waals surface area contributed by atoms with Crippen LogP contribution in [0.15, 0.2) is 0 Å². The van der Waals surface area contributed by atoms with E-state index in [4.69, 9.17) is 0 Å². The van der Waals surface area contributed by atoms with Gasteiger partial charge in [-0.2, -0.15) is 0 Å². The number of hydrogen-bond acceptors (Lipinski definition) is 2. The van der Waals surface area contributed by atoms with Crippen LogP contribution in [-0.4, -0.2) is 37.1 Å². The van der Waals surface area contributed by atoms with E-state index in [9.17, 15) is 0 Å².